The highest BCUT2D eigenvalue weighted by molar-refractivity contribution is 7.09. The maximum Gasteiger partial charge on any atom is 0.188 e. The lowest BCUT2D eigenvalue weighted by Crippen LogP contribution is -2.32. The van der Waals surface area contributed by atoms with Crippen molar-refractivity contribution in [1.29, 1.82) is 0 Å². The van der Waals surface area contributed by atoms with E-state index < -0.39 is 0 Å². The van der Waals surface area contributed by atoms with Crippen molar-refractivity contribution in [3.63, 3.8) is 0 Å². The molecule has 0 spiro atoms. The standard InChI is InChI=1S/C11H18N6S/c1-9(2)17(6-4-11-12-5-7-18-11)8-10-13-15-16(3)14-10/h5,7,9H,4,6,8H2,1-3H3. The van der Waals surface area contributed by atoms with Crippen LogP contribution < -0.4 is 0 Å². The first kappa shape index (κ1) is 13.1. The van der Waals surface area contributed by atoms with Crippen LogP contribution in [0.4, 0.5) is 0 Å². The summed E-state index contributed by atoms with van der Waals surface area (Å²) in [5, 5.41) is 15.3. The van der Waals surface area contributed by atoms with Gasteiger partial charge in [0.25, 0.3) is 0 Å². The molecule has 0 radical (unpaired) electrons. The highest BCUT2D eigenvalue weighted by atomic mass is 32.1. The third-order valence-corrected chi connectivity index (χ3v) is 3.56. The Kier molecular flexibility index (Phi) is 4.38. The lowest BCUT2D eigenvalue weighted by Gasteiger charge is -2.24. The number of hydrogen-bond donors (Lipinski definition) is 0. The Labute approximate surface area is 111 Å². The molecule has 0 N–H and O–H groups in total. The number of rotatable bonds is 6. The molecule has 0 aliphatic heterocycles. The van der Waals surface area contributed by atoms with E-state index in [1.165, 1.54) is 9.80 Å². The van der Waals surface area contributed by atoms with Gasteiger partial charge in [-0.3, -0.25) is 4.90 Å². The summed E-state index contributed by atoms with van der Waals surface area (Å²) in [6.07, 6.45) is 2.82. The van der Waals surface area contributed by atoms with E-state index in [4.69, 9.17) is 0 Å². The van der Waals surface area contributed by atoms with Crippen molar-refractivity contribution in [2.24, 2.45) is 7.05 Å². The summed E-state index contributed by atoms with van der Waals surface area (Å²) >= 11 is 1.70. The molecule has 6 nitrogen and oxygen atoms in total. The van der Waals surface area contributed by atoms with Crippen molar-refractivity contribution in [2.75, 3.05) is 6.54 Å². The molecule has 2 rings (SSSR count). The molecule has 0 saturated carbocycles. The Morgan fingerprint density at radius 2 is 2.28 bits per heavy atom. The van der Waals surface area contributed by atoms with E-state index in [2.05, 4.69) is 39.1 Å². The van der Waals surface area contributed by atoms with E-state index in [-0.39, 0.29) is 0 Å². The van der Waals surface area contributed by atoms with Crippen molar-refractivity contribution in [2.45, 2.75) is 32.9 Å². The molecule has 2 heterocycles. The topological polar surface area (TPSA) is 59.7 Å². The minimum atomic E-state index is 0.453. The fourth-order valence-electron chi connectivity index (χ4n) is 1.70. The van der Waals surface area contributed by atoms with Gasteiger partial charge in [-0.1, -0.05) is 0 Å². The van der Waals surface area contributed by atoms with Gasteiger partial charge in [0.1, 0.15) is 0 Å². The predicted octanol–water partition coefficient (Wildman–Crippen LogP) is 1.12. The number of thiazole rings is 1. The van der Waals surface area contributed by atoms with E-state index in [1.807, 2.05) is 11.6 Å². The molecule has 2 aromatic heterocycles. The van der Waals surface area contributed by atoms with Gasteiger partial charge in [0.05, 0.1) is 18.6 Å². The van der Waals surface area contributed by atoms with Crippen LogP contribution in [0.1, 0.15) is 24.7 Å². The van der Waals surface area contributed by atoms with Crippen LogP contribution in [0.25, 0.3) is 0 Å². The molecule has 0 aliphatic rings. The van der Waals surface area contributed by atoms with Crippen LogP contribution in [0.15, 0.2) is 11.6 Å². The van der Waals surface area contributed by atoms with Crippen LogP contribution in [0.3, 0.4) is 0 Å². The van der Waals surface area contributed by atoms with E-state index in [0.29, 0.717) is 6.04 Å². The van der Waals surface area contributed by atoms with Crippen LogP contribution in [0, 0.1) is 0 Å². The lowest BCUT2D eigenvalue weighted by atomic mass is 10.3. The average molecular weight is 266 g/mol. The van der Waals surface area contributed by atoms with Gasteiger partial charge in [0.15, 0.2) is 5.82 Å². The Morgan fingerprint density at radius 1 is 1.44 bits per heavy atom. The van der Waals surface area contributed by atoms with Crippen LogP contribution >= 0.6 is 11.3 Å². The second kappa shape index (κ2) is 6.01. The summed E-state index contributed by atoms with van der Waals surface area (Å²) in [5.41, 5.74) is 0. The predicted molar refractivity (Wildman–Crippen MR) is 70.2 cm³/mol. The number of aryl methyl sites for hydroxylation is 1. The van der Waals surface area contributed by atoms with Gasteiger partial charge in [-0.2, -0.15) is 4.80 Å². The zero-order chi connectivity index (χ0) is 13.0. The molecular weight excluding hydrogens is 248 g/mol. The summed E-state index contributed by atoms with van der Waals surface area (Å²) in [7, 11) is 1.78. The molecular formula is C11H18N6S. The Morgan fingerprint density at radius 3 is 2.83 bits per heavy atom. The van der Waals surface area contributed by atoms with Crippen LogP contribution in [-0.2, 0) is 20.0 Å². The molecule has 18 heavy (non-hydrogen) atoms. The van der Waals surface area contributed by atoms with Gasteiger partial charge >= 0.3 is 0 Å². The molecule has 2 aromatic rings. The summed E-state index contributed by atoms with van der Waals surface area (Å²) in [6, 6.07) is 0.453. The summed E-state index contributed by atoms with van der Waals surface area (Å²) in [6.45, 7) is 6.05. The van der Waals surface area contributed by atoms with Crippen LogP contribution in [0.5, 0.6) is 0 Å². The van der Waals surface area contributed by atoms with Crippen LogP contribution in [-0.4, -0.2) is 42.7 Å². The van der Waals surface area contributed by atoms with Gasteiger partial charge in [-0.15, -0.1) is 21.5 Å². The minimum absolute atomic E-state index is 0.453. The van der Waals surface area contributed by atoms with Gasteiger partial charge in [0, 0.05) is 30.6 Å². The smallest absolute Gasteiger partial charge is 0.188 e. The van der Waals surface area contributed by atoms with E-state index in [0.717, 1.165) is 25.3 Å². The largest absolute Gasteiger partial charge is 0.293 e. The molecule has 0 amide bonds. The molecule has 0 aromatic carbocycles. The molecule has 0 fully saturated rings. The average Bonchev–Trinajstić information content (AvgIpc) is 2.95. The van der Waals surface area contributed by atoms with Crippen molar-refractivity contribution >= 4 is 11.3 Å². The van der Waals surface area contributed by atoms with E-state index >= 15 is 0 Å². The highest BCUT2D eigenvalue weighted by Crippen LogP contribution is 2.09. The van der Waals surface area contributed by atoms with Crippen molar-refractivity contribution in [1.82, 2.24) is 30.1 Å². The second-order valence-corrected chi connectivity index (χ2v) is 5.41. The quantitative estimate of drug-likeness (QED) is 0.784. The SMILES string of the molecule is CC(C)N(CCc1nccs1)Cc1nnn(C)n1. The normalized spacial score (nSPS) is 11.6. The number of tetrazole rings is 1. The Bertz CT molecular complexity index is 464. The molecule has 0 bridgehead atoms. The zero-order valence-electron chi connectivity index (χ0n) is 10.9. The molecule has 98 valence electrons. The highest BCUT2D eigenvalue weighted by Gasteiger charge is 2.13. The van der Waals surface area contributed by atoms with E-state index in [1.54, 1.807) is 18.4 Å². The van der Waals surface area contributed by atoms with Gasteiger partial charge in [-0.25, -0.2) is 4.98 Å². The number of nitrogens with zero attached hydrogens (tertiary/aromatic N) is 6. The zero-order valence-corrected chi connectivity index (χ0v) is 11.8. The maximum absolute atomic E-state index is 4.30. The number of aromatic nitrogens is 5. The fourth-order valence-corrected chi connectivity index (χ4v) is 2.31. The lowest BCUT2D eigenvalue weighted by molar-refractivity contribution is 0.210. The third kappa shape index (κ3) is 3.58. The van der Waals surface area contributed by atoms with Gasteiger partial charge in [0.2, 0.25) is 0 Å². The van der Waals surface area contributed by atoms with E-state index in [9.17, 15) is 0 Å². The minimum Gasteiger partial charge on any atom is -0.293 e. The first-order valence-corrected chi connectivity index (χ1v) is 6.88. The third-order valence-electron chi connectivity index (χ3n) is 2.72. The summed E-state index contributed by atoms with van der Waals surface area (Å²) < 4.78 is 0. The molecule has 0 unspecified atom stereocenters. The van der Waals surface area contributed by atoms with Crippen LogP contribution in [0.2, 0.25) is 0 Å². The first-order chi connectivity index (χ1) is 8.65. The van der Waals surface area contributed by atoms with Gasteiger partial charge < -0.3 is 0 Å². The maximum atomic E-state index is 4.30. The van der Waals surface area contributed by atoms with Crippen molar-refractivity contribution in [3.05, 3.63) is 22.4 Å². The molecule has 0 saturated heterocycles. The fraction of sp³-hybridized carbons (Fsp3) is 0.636. The first-order valence-electron chi connectivity index (χ1n) is 6.00. The summed E-state index contributed by atoms with van der Waals surface area (Å²) in [4.78, 5) is 8.13. The molecule has 0 atom stereocenters. The Balaban J connectivity index is 1.91. The number of hydrogen-bond acceptors (Lipinski definition) is 6. The molecule has 7 heteroatoms. The van der Waals surface area contributed by atoms with Crippen molar-refractivity contribution in [3.8, 4) is 0 Å². The molecule has 0 aliphatic carbocycles. The van der Waals surface area contributed by atoms with Gasteiger partial charge in [-0.05, 0) is 19.1 Å². The second-order valence-electron chi connectivity index (χ2n) is 4.44. The summed E-state index contributed by atoms with van der Waals surface area (Å²) in [5.74, 6) is 0.769. The van der Waals surface area contributed by atoms with Crippen molar-refractivity contribution < 1.29 is 0 Å². The Hall–Kier alpha value is -1.34. The monoisotopic (exact) mass is 266 g/mol.